The zero-order chi connectivity index (χ0) is 10.6. The Bertz CT molecular complexity index is 310. The number of methoxy groups -OCH3 is 1. The van der Waals surface area contributed by atoms with Gasteiger partial charge in [-0.25, -0.2) is 4.39 Å². The molecule has 0 N–H and O–H groups in total. The van der Waals surface area contributed by atoms with Crippen molar-refractivity contribution in [1.82, 2.24) is 4.98 Å². The predicted octanol–water partition coefficient (Wildman–Crippen LogP) is 1.57. The van der Waals surface area contributed by atoms with Gasteiger partial charge in [-0.1, -0.05) is 6.92 Å². The molecule has 1 aromatic rings. The number of rotatable bonds is 3. The maximum atomic E-state index is 12.5. The lowest BCUT2D eigenvalue weighted by Gasteiger charge is -2.07. The second-order valence-electron chi connectivity index (χ2n) is 3.10. The summed E-state index contributed by atoms with van der Waals surface area (Å²) < 4.78 is 17.1. The SMILES string of the molecule is COC(=O)[C@@H](C)Cc1ccc(F)cn1. The first-order valence-corrected chi connectivity index (χ1v) is 4.31. The molecule has 0 radical (unpaired) electrons. The summed E-state index contributed by atoms with van der Waals surface area (Å²) in [5, 5.41) is 0. The summed E-state index contributed by atoms with van der Waals surface area (Å²) in [6.07, 6.45) is 1.60. The molecular weight excluding hydrogens is 185 g/mol. The van der Waals surface area contributed by atoms with E-state index in [1.54, 1.807) is 13.0 Å². The number of nitrogens with zero attached hydrogens (tertiary/aromatic N) is 1. The van der Waals surface area contributed by atoms with E-state index in [0.717, 1.165) is 6.20 Å². The van der Waals surface area contributed by atoms with E-state index < -0.39 is 0 Å². The van der Waals surface area contributed by atoms with Crippen LogP contribution >= 0.6 is 0 Å². The highest BCUT2D eigenvalue weighted by molar-refractivity contribution is 5.72. The lowest BCUT2D eigenvalue weighted by atomic mass is 10.1. The van der Waals surface area contributed by atoms with Gasteiger partial charge in [0.1, 0.15) is 5.82 Å². The Labute approximate surface area is 81.9 Å². The first-order chi connectivity index (χ1) is 6.63. The van der Waals surface area contributed by atoms with Crippen molar-refractivity contribution in [2.75, 3.05) is 7.11 Å². The van der Waals surface area contributed by atoms with E-state index in [0.29, 0.717) is 12.1 Å². The van der Waals surface area contributed by atoms with Crippen LogP contribution in [0.25, 0.3) is 0 Å². The molecule has 0 unspecified atom stereocenters. The van der Waals surface area contributed by atoms with E-state index in [2.05, 4.69) is 9.72 Å². The highest BCUT2D eigenvalue weighted by atomic mass is 19.1. The highest BCUT2D eigenvalue weighted by Crippen LogP contribution is 2.07. The Morgan fingerprint density at radius 1 is 1.64 bits per heavy atom. The van der Waals surface area contributed by atoms with E-state index in [9.17, 15) is 9.18 Å². The Morgan fingerprint density at radius 2 is 2.36 bits per heavy atom. The molecule has 14 heavy (non-hydrogen) atoms. The smallest absolute Gasteiger partial charge is 0.308 e. The number of ether oxygens (including phenoxy) is 1. The molecule has 0 bridgehead atoms. The van der Waals surface area contributed by atoms with E-state index in [-0.39, 0.29) is 17.7 Å². The van der Waals surface area contributed by atoms with Crippen molar-refractivity contribution in [3.63, 3.8) is 0 Å². The summed E-state index contributed by atoms with van der Waals surface area (Å²) in [7, 11) is 1.34. The first-order valence-electron chi connectivity index (χ1n) is 4.31. The third-order valence-electron chi connectivity index (χ3n) is 1.91. The van der Waals surface area contributed by atoms with Crippen LogP contribution in [0.4, 0.5) is 4.39 Å². The van der Waals surface area contributed by atoms with Gasteiger partial charge in [-0.3, -0.25) is 9.78 Å². The van der Waals surface area contributed by atoms with Crippen LogP contribution in [0.15, 0.2) is 18.3 Å². The van der Waals surface area contributed by atoms with E-state index in [4.69, 9.17) is 0 Å². The fourth-order valence-corrected chi connectivity index (χ4v) is 1.13. The molecule has 4 heteroatoms. The van der Waals surface area contributed by atoms with Crippen molar-refractivity contribution in [3.8, 4) is 0 Å². The second kappa shape index (κ2) is 4.69. The monoisotopic (exact) mass is 197 g/mol. The average Bonchev–Trinajstić information content (AvgIpc) is 2.20. The number of pyridine rings is 1. The number of carbonyl (C=O) groups is 1. The maximum Gasteiger partial charge on any atom is 0.308 e. The largest absolute Gasteiger partial charge is 0.469 e. The molecule has 1 rings (SSSR count). The van der Waals surface area contributed by atoms with Crippen LogP contribution in [0.5, 0.6) is 0 Å². The summed E-state index contributed by atoms with van der Waals surface area (Å²) in [5.41, 5.74) is 0.685. The second-order valence-corrected chi connectivity index (χ2v) is 3.10. The van der Waals surface area contributed by atoms with Gasteiger partial charge >= 0.3 is 5.97 Å². The van der Waals surface area contributed by atoms with Gasteiger partial charge in [-0.15, -0.1) is 0 Å². The summed E-state index contributed by atoms with van der Waals surface area (Å²) >= 11 is 0. The third-order valence-corrected chi connectivity index (χ3v) is 1.91. The molecule has 1 heterocycles. The molecule has 0 saturated heterocycles. The van der Waals surface area contributed by atoms with Gasteiger partial charge in [0.15, 0.2) is 0 Å². The lowest BCUT2D eigenvalue weighted by Crippen LogP contribution is -2.15. The summed E-state index contributed by atoms with van der Waals surface area (Å²) in [6.45, 7) is 1.75. The third kappa shape index (κ3) is 2.80. The molecule has 0 fully saturated rings. The van der Waals surface area contributed by atoms with Crippen molar-refractivity contribution in [3.05, 3.63) is 29.8 Å². The standard InChI is InChI=1S/C10H12FNO2/c1-7(10(13)14-2)5-9-4-3-8(11)6-12-9/h3-4,6-7H,5H2,1-2H3/t7-/m0/s1. The Kier molecular flexibility index (Phi) is 3.56. The minimum absolute atomic E-state index is 0.252. The van der Waals surface area contributed by atoms with Crippen molar-refractivity contribution in [2.45, 2.75) is 13.3 Å². The van der Waals surface area contributed by atoms with Crippen molar-refractivity contribution in [1.29, 1.82) is 0 Å². The van der Waals surface area contributed by atoms with Gasteiger partial charge in [-0.2, -0.15) is 0 Å². The van der Waals surface area contributed by atoms with Gasteiger partial charge in [0.2, 0.25) is 0 Å². The summed E-state index contributed by atoms with van der Waals surface area (Å²) in [4.78, 5) is 14.9. The van der Waals surface area contributed by atoms with Crippen LogP contribution in [0.1, 0.15) is 12.6 Å². The van der Waals surface area contributed by atoms with Crippen LogP contribution in [0.2, 0.25) is 0 Å². The first kappa shape index (κ1) is 10.6. The van der Waals surface area contributed by atoms with E-state index in [1.165, 1.54) is 13.2 Å². The molecule has 1 atom stereocenters. The molecule has 0 amide bonds. The average molecular weight is 197 g/mol. The topological polar surface area (TPSA) is 39.2 Å². The Balaban J connectivity index is 2.60. The summed E-state index contributed by atoms with van der Waals surface area (Å²) in [6, 6.07) is 2.89. The van der Waals surface area contributed by atoms with Gasteiger partial charge in [-0.05, 0) is 12.1 Å². The zero-order valence-corrected chi connectivity index (χ0v) is 8.16. The highest BCUT2D eigenvalue weighted by Gasteiger charge is 2.14. The molecule has 0 aromatic carbocycles. The molecule has 0 aliphatic carbocycles. The quantitative estimate of drug-likeness (QED) is 0.690. The molecule has 0 aliphatic rings. The predicted molar refractivity (Wildman–Crippen MR) is 49.1 cm³/mol. The molecule has 0 saturated carbocycles. The van der Waals surface area contributed by atoms with Crippen molar-refractivity contribution >= 4 is 5.97 Å². The molecular formula is C10H12FNO2. The lowest BCUT2D eigenvalue weighted by molar-refractivity contribution is -0.144. The fraction of sp³-hybridized carbons (Fsp3) is 0.400. The molecule has 3 nitrogen and oxygen atoms in total. The molecule has 0 aliphatic heterocycles. The van der Waals surface area contributed by atoms with Gasteiger partial charge in [0.25, 0.3) is 0 Å². The minimum atomic E-state index is -0.375. The number of aromatic nitrogens is 1. The number of halogens is 1. The molecule has 0 spiro atoms. The van der Waals surface area contributed by atoms with Crippen LogP contribution in [0, 0.1) is 11.7 Å². The van der Waals surface area contributed by atoms with E-state index in [1.807, 2.05) is 0 Å². The minimum Gasteiger partial charge on any atom is -0.469 e. The molecule has 76 valence electrons. The Hall–Kier alpha value is -1.45. The fourth-order valence-electron chi connectivity index (χ4n) is 1.13. The Morgan fingerprint density at radius 3 is 2.86 bits per heavy atom. The van der Waals surface area contributed by atoms with E-state index >= 15 is 0 Å². The van der Waals surface area contributed by atoms with Gasteiger partial charge < -0.3 is 4.74 Å². The maximum absolute atomic E-state index is 12.5. The number of hydrogen-bond donors (Lipinski definition) is 0. The van der Waals surface area contributed by atoms with Crippen LogP contribution in [-0.2, 0) is 16.0 Å². The zero-order valence-electron chi connectivity index (χ0n) is 8.16. The number of esters is 1. The van der Waals surface area contributed by atoms with Gasteiger partial charge in [0, 0.05) is 12.1 Å². The normalized spacial score (nSPS) is 12.2. The van der Waals surface area contributed by atoms with Gasteiger partial charge in [0.05, 0.1) is 19.2 Å². The number of hydrogen-bond acceptors (Lipinski definition) is 3. The summed E-state index contributed by atoms with van der Waals surface area (Å²) in [5.74, 6) is -0.909. The molecule has 1 aromatic heterocycles. The number of carbonyl (C=O) groups excluding carboxylic acids is 1. The van der Waals surface area contributed by atoms with Crippen molar-refractivity contribution < 1.29 is 13.9 Å². The van der Waals surface area contributed by atoms with Crippen molar-refractivity contribution in [2.24, 2.45) is 5.92 Å². The van der Waals surface area contributed by atoms with Crippen LogP contribution < -0.4 is 0 Å². The van der Waals surface area contributed by atoms with Crippen LogP contribution in [-0.4, -0.2) is 18.1 Å². The van der Waals surface area contributed by atoms with Crippen LogP contribution in [0.3, 0.4) is 0 Å².